The summed E-state index contributed by atoms with van der Waals surface area (Å²) in [5.41, 5.74) is 0. The third kappa shape index (κ3) is 3.15. The minimum absolute atomic E-state index is 0.0468. The van der Waals surface area contributed by atoms with Crippen LogP contribution in [0.4, 0.5) is 4.79 Å². The Balaban J connectivity index is 1.74. The molecule has 0 bridgehead atoms. The van der Waals surface area contributed by atoms with E-state index in [4.69, 9.17) is 0 Å². The fourth-order valence-electron chi connectivity index (χ4n) is 2.72. The summed E-state index contributed by atoms with van der Waals surface area (Å²) in [5.74, 6) is 0.186. The van der Waals surface area contributed by atoms with Gasteiger partial charge in [-0.2, -0.15) is 0 Å². The Morgan fingerprint density at radius 2 is 1.61 bits per heavy atom. The first-order valence-corrected chi connectivity index (χ1v) is 7.04. The number of amides is 3. The molecule has 0 aromatic heterocycles. The van der Waals surface area contributed by atoms with E-state index >= 15 is 0 Å². The van der Waals surface area contributed by atoms with E-state index < -0.39 is 0 Å². The van der Waals surface area contributed by atoms with Crippen LogP contribution in [0, 0.1) is 0 Å². The molecule has 3 amide bonds. The second kappa shape index (κ2) is 6.07. The molecule has 0 spiro atoms. The molecule has 5 nitrogen and oxygen atoms in total. The summed E-state index contributed by atoms with van der Waals surface area (Å²) in [5, 5.41) is 3.09. The smallest absolute Gasteiger partial charge is 0.317 e. The number of nitrogens with zero attached hydrogens (tertiary/aromatic N) is 2. The van der Waals surface area contributed by atoms with Crippen LogP contribution in [0.2, 0.25) is 0 Å². The molecule has 1 saturated carbocycles. The molecule has 0 aromatic carbocycles. The van der Waals surface area contributed by atoms with Crippen LogP contribution in [0.3, 0.4) is 0 Å². The van der Waals surface area contributed by atoms with Crippen LogP contribution >= 0.6 is 0 Å². The topological polar surface area (TPSA) is 52.7 Å². The molecule has 1 saturated heterocycles. The second-order valence-electron chi connectivity index (χ2n) is 5.15. The summed E-state index contributed by atoms with van der Waals surface area (Å²) in [6, 6.07) is 0.415. The van der Waals surface area contributed by atoms with Crippen LogP contribution in [-0.2, 0) is 4.79 Å². The first-order valence-electron chi connectivity index (χ1n) is 7.04. The van der Waals surface area contributed by atoms with E-state index in [1.165, 1.54) is 12.8 Å². The van der Waals surface area contributed by atoms with E-state index in [1.54, 1.807) is 0 Å². The maximum Gasteiger partial charge on any atom is 0.317 e. The van der Waals surface area contributed by atoms with Gasteiger partial charge in [0.1, 0.15) is 0 Å². The van der Waals surface area contributed by atoms with Gasteiger partial charge in [0.15, 0.2) is 0 Å². The Morgan fingerprint density at radius 3 is 2.17 bits per heavy atom. The Kier molecular flexibility index (Phi) is 4.44. The zero-order chi connectivity index (χ0) is 13.0. The summed E-state index contributed by atoms with van der Waals surface area (Å²) in [6.45, 7) is 4.53. The number of nitrogens with one attached hydrogen (secondary N) is 1. The predicted octanol–water partition coefficient (Wildman–Crippen LogP) is 1.19. The average Bonchev–Trinajstić information content (AvgIpc) is 2.91. The molecular formula is C13H23N3O2. The Bertz CT molecular complexity index is 305. The first-order chi connectivity index (χ1) is 8.70. The van der Waals surface area contributed by atoms with Crippen LogP contribution in [0.5, 0.6) is 0 Å². The van der Waals surface area contributed by atoms with E-state index in [0.29, 0.717) is 38.6 Å². The largest absolute Gasteiger partial charge is 0.339 e. The fraction of sp³-hybridized carbons (Fsp3) is 0.846. The summed E-state index contributed by atoms with van der Waals surface area (Å²) in [6.07, 6.45) is 5.22. The van der Waals surface area contributed by atoms with Crippen molar-refractivity contribution in [3.05, 3.63) is 0 Å². The van der Waals surface area contributed by atoms with Gasteiger partial charge in [-0.05, 0) is 12.8 Å². The summed E-state index contributed by atoms with van der Waals surface area (Å²) in [4.78, 5) is 27.2. The van der Waals surface area contributed by atoms with Gasteiger partial charge >= 0.3 is 6.03 Å². The first kappa shape index (κ1) is 13.2. The average molecular weight is 253 g/mol. The molecule has 0 atom stereocenters. The molecule has 0 unspecified atom stereocenters. The van der Waals surface area contributed by atoms with Crippen molar-refractivity contribution < 1.29 is 9.59 Å². The molecule has 2 fully saturated rings. The van der Waals surface area contributed by atoms with Crippen molar-refractivity contribution in [2.24, 2.45) is 0 Å². The molecule has 1 N–H and O–H groups in total. The van der Waals surface area contributed by atoms with Crippen LogP contribution in [0.15, 0.2) is 0 Å². The number of piperazine rings is 1. The number of rotatable bonds is 2. The van der Waals surface area contributed by atoms with Crippen LogP contribution in [0.1, 0.15) is 39.0 Å². The van der Waals surface area contributed by atoms with Crippen LogP contribution in [0.25, 0.3) is 0 Å². The molecule has 0 radical (unpaired) electrons. The molecule has 5 heteroatoms. The lowest BCUT2D eigenvalue weighted by Crippen LogP contribution is -2.54. The summed E-state index contributed by atoms with van der Waals surface area (Å²) in [7, 11) is 0. The number of urea groups is 1. The Morgan fingerprint density at radius 1 is 1.06 bits per heavy atom. The van der Waals surface area contributed by atoms with Crippen molar-refractivity contribution in [2.75, 3.05) is 26.2 Å². The van der Waals surface area contributed by atoms with E-state index in [9.17, 15) is 9.59 Å². The predicted molar refractivity (Wildman–Crippen MR) is 69.2 cm³/mol. The summed E-state index contributed by atoms with van der Waals surface area (Å²) >= 11 is 0. The molecule has 1 heterocycles. The minimum atomic E-state index is 0.0468. The molecule has 2 aliphatic rings. The minimum Gasteiger partial charge on any atom is -0.339 e. The highest BCUT2D eigenvalue weighted by Crippen LogP contribution is 2.18. The van der Waals surface area contributed by atoms with Crippen molar-refractivity contribution in [1.82, 2.24) is 15.1 Å². The number of hydrogen-bond donors (Lipinski definition) is 1. The van der Waals surface area contributed by atoms with Crippen LogP contribution < -0.4 is 5.32 Å². The highest BCUT2D eigenvalue weighted by atomic mass is 16.2. The van der Waals surface area contributed by atoms with Crippen LogP contribution in [-0.4, -0.2) is 54.0 Å². The van der Waals surface area contributed by atoms with Gasteiger partial charge in [-0.1, -0.05) is 19.8 Å². The molecular weight excluding hydrogens is 230 g/mol. The van der Waals surface area contributed by atoms with Crippen molar-refractivity contribution in [2.45, 2.75) is 45.1 Å². The Hall–Kier alpha value is -1.26. The Labute approximate surface area is 108 Å². The molecule has 1 aliphatic carbocycles. The molecule has 18 heavy (non-hydrogen) atoms. The third-order valence-corrected chi connectivity index (χ3v) is 3.90. The van der Waals surface area contributed by atoms with Gasteiger partial charge in [-0.15, -0.1) is 0 Å². The van der Waals surface area contributed by atoms with Gasteiger partial charge in [0, 0.05) is 38.6 Å². The number of carbonyl (C=O) groups is 2. The quantitative estimate of drug-likeness (QED) is 0.804. The van der Waals surface area contributed by atoms with Gasteiger partial charge < -0.3 is 15.1 Å². The highest BCUT2D eigenvalue weighted by molar-refractivity contribution is 5.77. The fourth-order valence-corrected chi connectivity index (χ4v) is 2.72. The maximum absolute atomic E-state index is 12.0. The van der Waals surface area contributed by atoms with E-state index in [0.717, 1.165) is 12.8 Å². The third-order valence-electron chi connectivity index (χ3n) is 3.90. The second-order valence-corrected chi connectivity index (χ2v) is 5.15. The number of carbonyl (C=O) groups excluding carboxylic acids is 2. The van der Waals surface area contributed by atoms with Crippen molar-refractivity contribution >= 4 is 11.9 Å². The monoisotopic (exact) mass is 253 g/mol. The molecule has 0 aromatic rings. The highest BCUT2D eigenvalue weighted by Gasteiger charge is 2.25. The lowest BCUT2D eigenvalue weighted by Gasteiger charge is -2.35. The lowest BCUT2D eigenvalue weighted by atomic mass is 10.2. The summed E-state index contributed by atoms with van der Waals surface area (Å²) < 4.78 is 0. The maximum atomic E-state index is 12.0. The van der Waals surface area contributed by atoms with Gasteiger partial charge in [-0.3, -0.25) is 4.79 Å². The zero-order valence-electron chi connectivity index (χ0n) is 11.2. The van der Waals surface area contributed by atoms with Gasteiger partial charge in [0.25, 0.3) is 0 Å². The van der Waals surface area contributed by atoms with E-state index in [2.05, 4.69) is 5.32 Å². The van der Waals surface area contributed by atoms with Gasteiger partial charge in [0.05, 0.1) is 0 Å². The van der Waals surface area contributed by atoms with Gasteiger partial charge in [0.2, 0.25) is 5.91 Å². The van der Waals surface area contributed by atoms with E-state index in [-0.39, 0.29) is 11.9 Å². The molecule has 102 valence electrons. The number of hydrogen-bond acceptors (Lipinski definition) is 2. The van der Waals surface area contributed by atoms with Crippen molar-refractivity contribution in [3.8, 4) is 0 Å². The lowest BCUT2D eigenvalue weighted by molar-refractivity contribution is -0.132. The van der Waals surface area contributed by atoms with Gasteiger partial charge in [-0.25, -0.2) is 4.79 Å². The molecule has 2 rings (SSSR count). The van der Waals surface area contributed by atoms with Crippen molar-refractivity contribution in [3.63, 3.8) is 0 Å². The van der Waals surface area contributed by atoms with Crippen molar-refractivity contribution in [1.29, 1.82) is 0 Å². The van der Waals surface area contributed by atoms with E-state index in [1.807, 2.05) is 16.7 Å². The molecule has 1 aliphatic heterocycles. The normalized spacial score (nSPS) is 21.2. The standard InChI is InChI=1S/C13H23N3O2/c1-2-12(17)15-7-9-16(10-8-15)13(18)14-11-5-3-4-6-11/h11H,2-10H2,1H3,(H,14,18). The zero-order valence-corrected chi connectivity index (χ0v) is 11.2. The SMILES string of the molecule is CCC(=O)N1CCN(C(=O)NC2CCCC2)CC1.